The summed E-state index contributed by atoms with van der Waals surface area (Å²) in [4.78, 5) is 19.6. The summed E-state index contributed by atoms with van der Waals surface area (Å²) in [6, 6.07) is 2.09. The second-order valence-corrected chi connectivity index (χ2v) is 5.25. The fourth-order valence-electron chi connectivity index (χ4n) is 2.53. The van der Waals surface area contributed by atoms with E-state index in [0.717, 1.165) is 38.2 Å². The van der Waals surface area contributed by atoms with Crippen molar-refractivity contribution < 1.29 is 9.90 Å². The Morgan fingerprint density at radius 1 is 1.42 bits per heavy atom. The summed E-state index contributed by atoms with van der Waals surface area (Å²) in [6.45, 7) is 7.41. The van der Waals surface area contributed by atoms with Gasteiger partial charge in [-0.3, -0.25) is 9.69 Å². The predicted octanol–water partition coefficient (Wildman–Crippen LogP) is 0.852. The molecule has 1 unspecified atom stereocenters. The third-order valence-electron chi connectivity index (χ3n) is 3.87. The van der Waals surface area contributed by atoms with E-state index in [1.54, 1.807) is 6.20 Å². The number of aryl methyl sites for hydroxylation is 1. The number of hydrogen-bond acceptors (Lipinski definition) is 3. The first-order chi connectivity index (χ1) is 9.13. The third kappa shape index (κ3) is 3.16. The lowest BCUT2D eigenvalue weighted by molar-refractivity contribution is 0.0748. The quantitative estimate of drug-likeness (QED) is 0.852. The fourth-order valence-corrected chi connectivity index (χ4v) is 2.53. The number of carbonyl (C=O) groups excluding carboxylic acids is 1. The van der Waals surface area contributed by atoms with Crippen molar-refractivity contribution in [1.29, 1.82) is 0 Å². The number of aliphatic hydroxyl groups excluding tert-OH is 1. The van der Waals surface area contributed by atoms with Crippen molar-refractivity contribution in [1.82, 2.24) is 14.8 Å². The highest BCUT2D eigenvalue weighted by atomic mass is 16.3. The largest absolute Gasteiger partial charge is 0.395 e. The molecule has 1 aliphatic rings. The summed E-state index contributed by atoms with van der Waals surface area (Å²) < 4.78 is 0. The molecule has 1 aromatic heterocycles. The molecule has 2 heterocycles. The standard InChI is InChI=1S/C14H23N3O2/c1-11-4-5-15-13(11)14(19)17-7-3-6-16(8-9-17)12(2)10-18/h4-5,12,15,18H,3,6-10H2,1-2H3. The molecule has 0 radical (unpaired) electrons. The maximum absolute atomic E-state index is 12.4. The number of rotatable bonds is 3. The lowest BCUT2D eigenvalue weighted by Crippen LogP contribution is -2.40. The number of carbonyl (C=O) groups is 1. The molecular weight excluding hydrogens is 242 g/mol. The van der Waals surface area contributed by atoms with Crippen molar-refractivity contribution in [2.45, 2.75) is 26.3 Å². The van der Waals surface area contributed by atoms with Gasteiger partial charge in [-0.05, 0) is 31.9 Å². The van der Waals surface area contributed by atoms with Crippen molar-refractivity contribution in [2.24, 2.45) is 0 Å². The van der Waals surface area contributed by atoms with Crippen LogP contribution in [0.5, 0.6) is 0 Å². The second kappa shape index (κ2) is 6.21. The van der Waals surface area contributed by atoms with E-state index in [2.05, 4.69) is 9.88 Å². The molecule has 5 heteroatoms. The van der Waals surface area contributed by atoms with Gasteiger partial charge in [-0.25, -0.2) is 0 Å². The third-order valence-corrected chi connectivity index (χ3v) is 3.87. The molecule has 0 spiro atoms. The smallest absolute Gasteiger partial charge is 0.270 e. The van der Waals surface area contributed by atoms with Crippen molar-refractivity contribution in [3.05, 3.63) is 23.5 Å². The van der Waals surface area contributed by atoms with Gasteiger partial charge in [-0.2, -0.15) is 0 Å². The molecule has 1 aliphatic heterocycles. The fraction of sp³-hybridized carbons (Fsp3) is 0.643. The van der Waals surface area contributed by atoms with Crippen LogP contribution >= 0.6 is 0 Å². The van der Waals surface area contributed by atoms with E-state index in [1.807, 2.05) is 24.8 Å². The number of aliphatic hydroxyl groups is 1. The zero-order chi connectivity index (χ0) is 13.8. The zero-order valence-corrected chi connectivity index (χ0v) is 11.7. The minimum absolute atomic E-state index is 0.0843. The Kier molecular flexibility index (Phi) is 4.61. The summed E-state index contributed by atoms with van der Waals surface area (Å²) in [5, 5.41) is 9.21. The van der Waals surface area contributed by atoms with E-state index in [9.17, 15) is 9.90 Å². The Morgan fingerprint density at radius 3 is 2.84 bits per heavy atom. The molecule has 0 aliphatic carbocycles. The number of aromatic amines is 1. The van der Waals surface area contributed by atoms with Gasteiger partial charge in [0.05, 0.1) is 6.61 Å². The molecule has 1 aromatic rings. The van der Waals surface area contributed by atoms with Gasteiger partial charge in [0.1, 0.15) is 5.69 Å². The van der Waals surface area contributed by atoms with Crippen molar-refractivity contribution >= 4 is 5.91 Å². The number of nitrogens with one attached hydrogen (secondary N) is 1. The van der Waals surface area contributed by atoms with Crippen LogP contribution in [0, 0.1) is 6.92 Å². The Balaban J connectivity index is 2.00. The zero-order valence-electron chi connectivity index (χ0n) is 11.7. The van der Waals surface area contributed by atoms with Gasteiger partial charge < -0.3 is 15.0 Å². The van der Waals surface area contributed by atoms with Gasteiger partial charge in [0.25, 0.3) is 5.91 Å². The van der Waals surface area contributed by atoms with E-state index < -0.39 is 0 Å². The molecule has 0 bridgehead atoms. The molecular formula is C14H23N3O2. The molecule has 1 fully saturated rings. The molecule has 2 N–H and O–H groups in total. The maximum atomic E-state index is 12.4. The number of hydrogen-bond donors (Lipinski definition) is 2. The summed E-state index contributed by atoms with van der Waals surface area (Å²) in [5.41, 5.74) is 1.69. The molecule has 19 heavy (non-hydrogen) atoms. The summed E-state index contributed by atoms with van der Waals surface area (Å²) >= 11 is 0. The van der Waals surface area contributed by atoms with Gasteiger partial charge in [-0.1, -0.05) is 0 Å². The van der Waals surface area contributed by atoms with Crippen molar-refractivity contribution in [2.75, 3.05) is 32.8 Å². The van der Waals surface area contributed by atoms with Crippen molar-refractivity contribution in [3.8, 4) is 0 Å². The number of H-pyrrole nitrogens is 1. The SMILES string of the molecule is Cc1cc[nH]c1C(=O)N1CCCN(C(C)CO)CC1. The minimum atomic E-state index is 0.0843. The molecule has 0 aromatic carbocycles. The average Bonchev–Trinajstić information content (AvgIpc) is 2.70. The Hall–Kier alpha value is -1.33. The maximum Gasteiger partial charge on any atom is 0.270 e. The summed E-state index contributed by atoms with van der Waals surface area (Å²) in [7, 11) is 0. The van der Waals surface area contributed by atoms with Crippen LogP contribution < -0.4 is 0 Å². The summed E-state index contributed by atoms with van der Waals surface area (Å²) in [5.74, 6) is 0.0843. The van der Waals surface area contributed by atoms with E-state index >= 15 is 0 Å². The highest BCUT2D eigenvalue weighted by Crippen LogP contribution is 2.12. The number of amides is 1. The topological polar surface area (TPSA) is 59.6 Å². The normalized spacial score (nSPS) is 19.2. The van der Waals surface area contributed by atoms with Crippen molar-refractivity contribution in [3.63, 3.8) is 0 Å². The van der Waals surface area contributed by atoms with E-state index in [-0.39, 0.29) is 18.6 Å². The number of nitrogens with zero attached hydrogens (tertiary/aromatic N) is 2. The Bertz CT molecular complexity index is 430. The molecule has 2 rings (SSSR count). The van der Waals surface area contributed by atoms with Crippen LogP contribution in [0.15, 0.2) is 12.3 Å². The van der Waals surface area contributed by atoms with E-state index in [4.69, 9.17) is 0 Å². The summed E-state index contributed by atoms with van der Waals surface area (Å²) in [6.07, 6.45) is 2.76. The second-order valence-electron chi connectivity index (χ2n) is 5.25. The molecule has 1 amide bonds. The lowest BCUT2D eigenvalue weighted by atomic mass is 10.2. The van der Waals surface area contributed by atoms with Gasteiger partial charge in [-0.15, -0.1) is 0 Å². The first-order valence-corrected chi connectivity index (χ1v) is 6.91. The van der Waals surface area contributed by atoms with Crippen LogP contribution in [0.25, 0.3) is 0 Å². The van der Waals surface area contributed by atoms with Crippen LogP contribution in [-0.4, -0.2) is 64.6 Å². The lowest BCUT2D eigenvalue weighted by Gasteiger charge is -2.26. The minimum Gasteiger partial charge on any atom is -0.395 e. The monoisotopic (exact) mass is 265 g/mol. The molecule has 0 saturated carbocycles. The van der Waals surface area contributed by atoms with E-state index in [0.29, 0.717) is 5.69 Å². The Labute approximate surface area is 114 Å². The Morgan fingerprint density at radius 2 is 2.21 bits per heavy atom. The highest BCUT2D eigenvalue weighted by Gasteiger charge is 2.23. The predicted molar refractivity (Wildman–Crippen MR) is 74.2 cm³/mol. The highest BCUT2D eigenvalue weighted by molar-refractivity contribution is 5.93. The molecule has 1 atom stereocenters. The molecule has 5 nitrogen and oxygen atoms in total. The first kappa shape index (κ1) is 14.1. The first-order valence-electron chi connectivity index (χ1n) is 6.91. The van der Waals surface area contributed by atoms with Gasteiger partial charge in [0.15, 0.2) is 0 Å². The molecule has 1 saturated heterocycles. The number of aromatic nitrogens is 1. The molecule has 106 valence electrons. The van der Waals surface area contributed by atoms with Gasteiger partial charge >= 0.3 is 0 Å². The van der Waals surface area contributed by atoms with Gasteiger partial charge in [0, 0.05) is 38.4 Å². The van der Waals surface area contributed by atoms with Crippen LogP contribution in [0.1, 0.15) is 29.4 Å². The van der Waals surface area contributed by atoms with Crippen LogP contribution in [-0.2, 0) is 0 Å². The van der Waals surface area contributed by atoms with Crippen LogP contribution in [0.4, 0.5) is 0 Å². The average molecular weight is 265 g/mol. The van der Waals surface area contributed by atoms with Crippen LogP contribution in [0.2, 0.25) is 0 Å². The van der Waals surface area contributed by atoms with Gasteiger partial charge in [0.2, 0.25) is 0 Å². The van der Waals surface area contributed by atoms with Crippen LogP contribution in [0.3, 0.4) is 0 Å². The van der Waals surface area contributed by atoms with E-state index in [1.165, 1.54) is 0 Å².